The molecule has 4 rings (SSSR count). The van der Waals surface area contributed by atoms with Crippen molar-refractivity contribution in [2.24, 2.45) is 11.3 Å². The summed E-state index contributed by atoms with van der Waals surface area (Å²) < 4.78 is 17.5. The molecule has 0 aliphatic heterocycles. The van der Waals surface area contributed by atoms with Gasteiger partial charge < -0.3 is 24.4 Å². The fourth-order valence-corrected chi connectivity index (χ4v) is 8.69. The molecule has 0 saturated heterocycles. The summed E-state index contributed by atoms with van der Waals surface area (Å²) in [6.07, 6.45) is 18.2. The Kier molecular flexibility index (Phi) is 20.6. The zero-order chi connectivity index (χ0) is 43.3. The van der Waals surface area contributed by atoms with E-state index in [2.05, 4.69) is 88.5 Å². The lowest BCUT2D eigenvalue weighted by Gasteiger charge is -2.30. The molecule has 0 amide bonds. The van der Waals surface area contributed by atoms with E-state index in [0.717, 1.165) is 53.2 Å². The Morgan fingerprint density at radius 3 is 1.93 bits per heavy atom. The molecule has 3 aromatic rings. The summed E-state index contributed by atoms with van der Waals surface area (Å²) in [6, 6.07) is 20.5. The first-order chi connectivity index (χ1) is 29.1. The van der Waals surface area contributed by atoms with Crippen LogP contribution in [0.3, 0.4) is 0 Å². The first-order valence-electron chi connectivity index (χ1n) is 23.0. The van der Waals surface area contributed by atoms with Gasteiger partial charge in [-0.25, -0.2) is 9.59 Å². The summed E-state index contributed by atoms with van der Waals surface area (Å²) in [5.41, 5.74) is 9.05. The van der Waals surface area contributed by atoms with Crippen LogP contribution in [0.2, 0.25) is 0 Å². The Bertz CT molecular complexity index is 1800. The van der Waals surface area contributed by atoms with Crippen LogP contribution in [-0.2, 0) is 38.3 Å². The van der Waals surface area contributed by atoms with Crippen molar-refractivity contribution in [1.82, 2.24) is 0 Å². The molecule has 0 heterocycles. The zero-order valence-corrected chi connectivity index (χ0v) is 37.3. The van der Waals surface area contributed by atoms with E-state index in [4.69, 9.17) is 14.2 Å². The number of unbranched alkanes of at least 4 members (excludes halogenated alkanes) is 3. The third-order valence-corrected chi connectivity index (χ3v) is 12.6. The second kappa shape index (κ2) is 25.5. The number of aliphatic hydroxyl groups excluding tert-OH is 2. The molecule has 0 spiro atoms. The average molecular weight is 823 g/mol. The number of aliphatic hydroxyl groups is 2. The molecule has 1 saturated carbocycles. The molecule has 1 aliphatic carbocycles. The molecule has 0 aromatic heterocycles. The fourth-order valence-electron chi connectivity index (χ4n) is 8.69. The first kappa shape index (κ1) is 48.5. The summed E-state index contributed by atoms with van der Waals surface area (Å²) in [7, 11) is 0. The highest BCUT2D eigenvalue weighted by atomic mass is 16.5. The minimum absolute atomic E-state index is 0.117. The standard InChI is InChI=1S/C53H74O7/c1-7-11-13-16-40-19-21-42(22-20-40)43-23-25-44(26-24-43)45-27-28-49(41(9-3)34-45)48-35-46(17-14-31-58-50(56)10-4)51(47(36-48)18-15-32-60-52(57)39(5)6)59-33-30-53(37-54,38-55)29-12-8-2/h10,23-28,34-36,40,42,54-55H,4-5,7-9,11-22,29-33,37-38H2,1-3,6H3. The smallest absolute Gasteiger partial charge is 0.333 e. The number of carbonyl (C=O) groups is 2. The quantitative estimate of drug-likeness (QED) is 0.0448. The van der Waals surface area contributed by atoms with Crippen molar-refractivity contribution in [3.05, 3.63) is 102 Å². The van der Waals surface area contributed by atoms with Crippen molar-refractivity contribution >= 4 is 11.9 Å². The van der Waals surface area contributed by atoms with Gasteiger partial charge in [-0.2, -0.15) is 0 Å². The molecular formula is C53H74O7. The summed E-state index contributed by atoms with van der Waals surface area (Å²) >= 11 is 0. The van der Waals surface area contributed by atoms with Gasteiger partial charge in [0.15, 0.2) is 0 Å². The predicted octanol–water partition coefficient (Wildman–Crippen LogP) is 12.1. The van der Waals surface area contributed by atoms with Crippen LogP contribution in [0.1, 0.15) is 146 Å². The van der Waals surface area contributed by atoms with Gasteiger partial charge in [0.05, 0.1) is 33.0 Å². The predicted molar refractivity (Wildman–Crippen MR) is 245 cm³/mol. The van der Waals surface area contributed by atoms with Crippen molar-refractivity contribution in [2.45, 2.75) is 143 Å². The lowest BCUT2D eigenvalue weighted by molar-refractivity contribution is -0.139. The van der Waals surface area contributed by atoms with E-state index in [1.54, 1.807) is 6.92 Å². The van der Waals surface area contributed by atoms with Gasteiger partial charge in [-0.3, -0.25) is 0 Å². The Morgan fingerprint density at radius 2 is 1.35 bits per heavy atom. The number of ether oxygens (including phenoxy) is 3. The van der Waals surface area contributed by atoms with Gasteiger partial charge in [0.25, 0.3) is 0 Å². The maximum absolute atomic E-state index is 12.2. The minimum Gasteiger partial charge on any atom is -0.493 e. The highest BCUT2D eigenvalue weighted by Gasteiger charge is 2.29. The van der Waals surface area contributed by atoms with Crippen LogP contribution < -0.4 is 4.74 Å². The number of rotatable bonds is 27. The molecule has 7 heteroatoms. The van der Waals surface area contributed by atoms with Crippen LogP contribution in [-0.4, -0.2) is 55.2 Å². The lowest BCUT2D eigenvalue weighted by Crippen LogP contribution is -2.32. The number of hydrogen-bond acceptors (Lipinski definition) is 7. The Balaban J connectivity index is 1.64. The lowest BCUT2D eigenvalue weighted by atomic mass is 9.77. The van der Waals surface area contributed by atoms with Crippen LogP contribution in [0.5, 0.6) is 5.75 Å². The molecule has 60 heavy (non-hydrogen) atoms. The van der Waals surface area contributed by atoms with Gasteiger partial charge in [-0.15, -0.1) is 0 Å². The van der Waals surface area contributed by atoms with Gasteiger partial charge in [-0.1, -0.05) is 115 Å². The normalized spacial score (nSPS) is 15.4. The van der Waals surface area contributed by atoms with Crippen molar-refractivity contribution in [3.8, 4) is 28.0 Å². The average Bonchev–Trinajstić information content (AvgIpc) is 3.28. The Morgan fingerprint density at radius 1 is 0.733 bits per heavy atom. The monoisotopic (exact) mass is 823 g/mol. The second-order valence-electron chi connectivity index (χ2n) is 17.2. The van der Waals surface area contributed by atoms with E-state index in [9.17, 15) is 19.8 Å². The summed E-state index contributed by atoms with van der Waals surface area (Å²) in [6.45, 7) is 16.0. The third kappa shape index (κ3) is 14.5. The number of benzene rings is 3. The van der Waals surface area contributed by atoms with Gasteiger partial charge in [0, 0.05) is 17.1 Å². The molecule has 0 radical (unpaired) electrons. The largest absolute Gasteiger partial charge is 0.493 e. The highest BCUT2D eigenvalue weighted by molar-refractivity contribution is 5.86. The molecule has 0 bridgehead atoms. The van der Waals surface area contributed by atoms with Gasteiger partial charge in [-0.05, 0) is 146 Å². The highest BCUT2D eigenvalue weighted by Crippen LogP contribution is 2.40. The van der Waals surface area contributed by atoms with Gasteiger partial charge >= 0.3 is 11.9 Å². The molecule has 1 aliphatic rings. The number of esters is 2. The van der Waals surface area contributed by atoms with Crippen LogP contribution >= 0.6 is 0 Å². The molecule has 0 atom stereocenters. The zero-order valence-electron chi connectivity index (χ0n) is 37.3. The summed E-state index contributed by atoms with van der Waals surface area (Å²) in [5, 5.41) is 20.7. The number of aryl methyl sites for hydroxylation is 3. The molecule has 2 N–H and O–H groups in total. The number of carbonyl (C=O) groups excluding carboxylic acids is 2. The summed E-state index contributed by atoms with van der Waals surface area (Å²) in [4.78, 5) is 24.1. The first-order valence-corrected chi connectivity index (χ1v) is 23.0. The Labute approximate surface area is 361 Å². The van der Waals surface area contributed by atoms with Gasteiger partial charge in [0.1, 0.15) is 5.75 Å². The van der Waals surface area contributed by atoms with Crippen LogP contribution in [0.4, 0.5) is 0 Å². The molecule has 328 valence electrons. The topological polar surface area (TPSA) is 102 Å². The second-order valence-corrected chi connectivity index (χ2v) is 17.2. The van der Waals surface area contributed by atoms with Crippen molar-refractivity contribution in [3.63, 3.8) is 0 Å². The van der Waals surface area contributed by atoms with E-state index in [-0.39, 0.29) is 26.4 Å². The van der Waals surface area contributed by atoms with Crippen LogP contribution in [0, 0.1) is 11.3 Å². The maximum Gasteiger partial charge on any atom is 0.333 e. The van der Waals surface area contributed by atoms with Crippen LogP contribution in [0.25, 0.3) is 22.3 Å². The number of hydrogen-bond donors (Lipinski definition) is 2. The third-order valence-electron chi connectivity index (χ3n) is 12.6. The molecular weight excluding hydrogens is 749 g/mol. The molecule has 0 unspecified atom stereocenters. The molecule has 1 fully saturated rings. The Hall–Kier alpha value is -4.20. The molecule has 3 aromatic carbocycles. The SMILES string of the molecule is C=CC(=O)OCCCc1cc(-c2ccc(-c3ccc(C4CCC(CCCCC)CC4)cc3)cc2CC)cc(CCCOC(=O)C(=C)C)c1OCCC(CO)(CO)CCCC. The van der Waals surface area contributed by atoms with Crippen LogP contribution in [0.15, 0.2) is 79.4 Å². The van der Waals surface area contributed by atoms with E-state index >= 15 is 0 Å². The van der Waals surface area contributed by atoms with Gasteiger partial charge in [0.2, 0.25) is 0 Å². The van der Waals surface area contributed by atoms with E-state index < -0.39 is 17.4 Å². The van der Waals surface area contributed by atoms with E-state index in [0.29, 0.717) is 56.6 Å². The van der Waals surface area contributed by atoms with Crippen molar-refractivity contribution in [2.75, 3.05) is 33.0 Å². The van der Waals surface area contributed by atoms with E-state index in [1.165, 1.54) is 79.7 Å². The van der Waals surface area contributed by atoms with Crippen molar-refractivity contribution in [1.29, 1.82) is 0 Å². The van der Waals surface area contributed by atoms with Crippen molar-refractivity contribution < 1.29 is 34.0 Å². The fraction of sp³-hybridized carbons (Fsp3) is 0.547. The minimum atomic E-state index is -0.628. The molecule has 7 nitrogen and oxygen atoms in total. The maximum atomic E-state index is 12.2. The summed E-state index contributed by atoms with van der Waals surface area (Å²) in [5.74, 6) is 1.45. The van der Waals surface area contributed by atoms with E-state index in [1.807, 2.05) is 0 Å².